The lowest BCUT2D eigenvalue weighted by Crippen LogP contribution is -2.07. The molecule has 0 spiro atoms. The summed E-state index contributed by atoms with van der Waals surface area (Å²) in [5.41, 5.74) is 0. The molecule has 2 rings (SSSR count). The van der Waals surface area contributed by atoms with Gasteiger partial charge in [-0.25, -0.2) is 0 Å². The molecule has 0 saturated carbocycles. The Balaban J connectivity index is 1.84. The molecule has 16 heavy (non-hydrogen) atoms. The van der Waals surface area contributed by atoms with Crippen molar-refractivity contribution in [2.45, 2.75) is 25.4 Å². The zero-order valence-electron chi connectivity index (χ0n) is 8.68. The first-order valence-electron chi connectivity index (χ1n) is 5.16. The van der Waals surface area contributed by atoms with Crippen molar-refractivity contribution in [3.63, 3.8) is 0 Å². The second-order valence-corrected chi connectivity index (χ2v) is 4.53. The molecule has 1 aliphatic heterocycles. The van der Waals surface area contributed by atoms with Crippen LogP contribution in [0, 0.1) is 0 Å². The van der Waals surface area contributed by atoms with Crippen LogP contribution < -0.4 is 5.32 Å². The van der Waals surface area contributed by atoms with Crippen LogP contribution in [0.3, 0.4) is 0 Å². The summed E-state index contributed by atoms with van der Waals surface area (Å²) in [7, 11) is 0. The van der Waals surface area contributed by atoms with E-state index < -0.39 is 5.97 Å². The van der Waals surface area contributed by atoms with Gasteiger partial charge in [0, 0.05) is 13.2 Å². The molecule has 1 unspecified atom stereocenters. The van der Waals surface area contributed by atoms with Crippen molar-refractivity contribution in [3.8, 4) is 0 Å². The average Bonchev–Trinajstić information content (AvgIpc) is 2.85. The summed E-state index contributed by atoms with van der Waals surface area (Å²) in [5, 5.41) is 20.9. The monoisotopic (exact) mass is 243 g/mol. The number of aromatic nitrogens is 2. The maximum absolute atomic E-state index is 10.3. The predicted octanol–water partition coefficient (Wildman–Crippen LogP) is 1.28. The highest BCUT2D eigenvalue weighted by Crippen LogP contribution is 2.31. The van der Waals surface area contributed by atoms with Crippen LogP contribution in [0.1, 0.15) is 30.4 Å². The van der Waals surface area contributed by atoms with E-state index >= 15 is 0 Å². The van der Waals surface area contributed by atoms with E-state index in [1.54, 1.807) is 0 Å². The van der Waals surface area contributed by atoms with Crippen molar-refractivity contribution in [2.75, 3.05) is 18.5 Å². The Kier molecular flexibility index (Phi) is 3.68. The Hall–Kier alpha value is -1.21. The Labute approximate surface area is 96.6 Å². The van der Waals surface area contributed by atoms with Crippen LogP contribution in [-0.2, 0) is 9.53 Å². The lowest BCUT2D eigenvalue weighted by atomic mass is 10.2. The van der Waals surface area contributed by atoms with Crippen molar-refractivity contribution < 1.29 is 14.6 Å². The summed E-state index contributed by atoms with van der Waals surface area (Å²) in [4.78, 5) is 10.3. The van der Waals surface area contributed by atoms with Gasteiger partial charge in [-0.05, 0) is 12.8 Å². The van der Waals surface area contributed by atoms with Crippen LogP contribution in [0.25, 0.3) is 0 Å². The van der Waals surface area contributed by atoms with E-state index in [1.165, 1.54) is 11.3 Å². The number of nitrogens with one attached hydrogen (secondary N) is 1. The molecule has 1 saturated heterocycles. The van der Waals surface area contributed by atoms with E-state index in [4.69, 9.17) is 9.84 Å². The van der Waals surface area contributed by atoms with Crippen molar-refractivity contribution in [2.24, 2.45) is 0 Å². The smallest absolute Gasteiger partial charge is 0.305 e. The lowest BCUT2D eigenvalue weighted by Gasteiger charge is -2.02. The van der Waals surface area contributed by atoms with Crippen LogP contribution in [0.5, 0.6) is 0 Å². The molecule has 2 N–H and O–H groups in total. The highest BCUT2D eigenvalue weighted by Gasteiger charge is 2.21. The summed E-state index contributed by atoms with van der Waals surface area (Å²) < 4.78 is 5.48. The first-order chi connectivity index (χ1) is 7.75. The number of hydrogen-bond donors (Lipinski definition) is 2. The van der Waals surface area contributed by atoms with Gasteiger partial charge in [0.2, 0.25) is 5.13 Å². The summed E-state index contributed by atoms with van der Waals surface area (Å²) in [6.45, 7) is 1.15. The molecule has 88 valence electrons. The minimum absolute atomic E-state index is 0.0764. The number of nitrogens with zero attached hydrogens (tertiary/aromatic N) is 2. The van der Waals surface area contributed by atoms with Crippen LogP contribution in [-0.4, -0.2) is 34.4 Å². The normalized spacial score (nSPS) is 19.9. The Morgan fingerprint density at radius 1 is 1.62 bits per heavy atom. The van der Waals surface area contributed by atoms with Crippen LogP contribution >= 0.6 is 11.3 Å². The summed E-state index contributed by atoms with van der Waals surface area (Å²) in [6, 6.07) is 0. The summed E-state index contributed by atoms with van der Waals surface area (Å²) >= 11 is 1.43. The standard InChI is InChI=1S/C9H13N3O3S/c13-7(14)3-4-10-9-12-11-8(16-9)6-2-1-5-15-6/h6H,1-5H2,(H,10,12)(H,13,14). The third kappa shape index (κ3) is 2.89. The Bertz CT molecular complexity index is 363. The molecule has 1 aliphatic rings. The number of anilines is 1. The van der Waals surface area contributed by atoms with Crippen molar-refractivity contribution in [1.29, 1.82) is 0 Å². The number of carbonyl (C=O) groups is 1. The van der Waals surface area contributed by atoms with Gasteiger partial charge in [-0.15, -0.1) is 10.2 Å². The second-order valence-electron chi connectivity index (χ2n) is 3.52. The lowest BCUT2D eigenvalue weighted by molar-refractivity contribution is -0.136. The van der Waals surface area contributed by atoms with Gasteiger partial charge in [0.25, 0.3) is 0 Å². The fourth-order valence-corrected chi connectivity index (χ4v) is 2.34. The number of aliphatic carboxylic acids is 1. The van der Waals surface area contributed by atoms with Gasteiger partial charge in [0.05, 0.1) is 6.42 Å². The van der Waals surface area contributed by atoms with Gasteiger partial charge in [-0.1, -0.05) is 11.3 Å². The molecule has 1 aromatic heterocycles. The quantitative estimate of drug-likeness (QED) is 0.810. The van der Waals surface area contributed by atoms with E-state index in [2.05, 4.69) is 15.5 Å². The molecule has 7 heteroatoms. The molecule has 1 fully saturated rings. The van der Waals surface area contributed by atoms with Gasteiger partial charge in [0.15, 0.2) is 0 Å². The van der Waals surface area contributed by atoms with E-state index in [0.29, 0.717) is 11.7 Å². The molecule has 1 atom stereocenters. The molecule has 0 radical (unpaired) electrons. The summed E-state index contributed by atoms with van der Waals surface area (Å²) in [6.07, 6.45) is 2.21. The Morgan fingerprint density at radius 2 is 2.50 bits per heavy atom. The zero-order valence-corrected chi connectivity index (χ0v) is 9.50. The predicted molar refractivity (Wildman–Crippen MR) is 58.6 cm³/mol. The zero-order chi connectivity index (χ0) is 11.4. The third-order valence-electron chi connectivity index (χ3n) is 2.26. The maximum Gasteiger partial charge on any atom is 0.305 e. The van der Waals surface area contributed by atoms with Gasteiger partial charge in [-0.3, -0.25) is 4.79 Å². The highest BCUT2D eigenvalue weighted by atomic mass is 32.1. The molecule has 0 amide bonds. The molecule has 6 nitrogen and oxygen atoms in total. The van der Waals surface area contributed by atoms with Crippen molar-refractivity contribution in [3.05, 3.63) is 5.01 Å². The molecule has 0 aromatic carbocycles. The van der Waals surface area contributed by atoms with E-state index in [-0.39, 0.29) is 12.5 Å². The van der Waals surface area contributed by atoms with Crippen LogP contribution in [0.15, 0.2) is 0 Å². The maximum atomic E-state index is 10.3. The van der Waals surface area contributed by atoms with Gasteiger partial charge in [-0.2, -0.15) is 0 Å². The van der Waals surface area contributed by atoms with E-state index in [0.717, 1.165) is 24.5 Å². The second kappa shape index (κ2) is 5.22. The largest absolute Gasteiger partial charge is 0.481 e. The van der Waals surface area contributed by atoms with E-state index in [1.807, 2.05) is 0 Å². The van der Waals surface area contributed by atoms with Gasteiger partial charge >= 0.3 is 5.97 Å². The number of rotatable bonds is 5. The van der Waals surface area contributed by atoms with Crippen molar-refractivity contribution >= 4 is 22.4 Å². The molecular formula is C9H13N3O3S. The van der Waals surface area contributed by atoms with Gasteiger partial charge in [0.1, 0.15) is 11.1 Å². The average molecular weight is 243 g/mol. The Morgan fingerprint density at radius 3 is 3.19 bits per heavy atom. The van der Waals surface area contributed by atoms with E-state index in [9.17, 15) is 4.79 Å². The highest BCUT2D eigenvalue weighted by molar-refractivity contribution is 7.15. The SMILES string of the molecule is O=C(O)CCNc1nnc(C2CCCO2)s1. The molecule has 0 bridgehead atoms. The molecule has 0 aliphatic carbocycles. The molecule has 1 aromatic rings. The fraction of sp³-hybridized carbons (Fsp3) is 0.667. The molecular weight excluding hydrogens is 230 g/mol. The fourth-order valence-electron chi connectivity index (χ4n) is 1.48. The first kappa shape index (κ1) is 11.3. The third-order valence-corrected chi connectivity index (χ3v) is 3.23. The molecule has 2 heterocycles. The minimum Gasteiger partial charge on any atom is -0.481 e. The topological polar surface area (TPSA) is 84.3 Å². The van der Waals surface area contributed by atoms with Crippen molar-refractivity contribution in [1.82, 2.24) is 10.2 Å². The number of ether oxygens (including phenoxy) is 1. The number of carboxylic acids is 1. The number of carboxylic acid groups (broad SMARTS) is 1. The first-order valence-corrected chi connectivity index (χ1v) is 5.98. The van der Waals surface area contributed by atoms with Crippen LogP contribution in [0.4, 0.5) is 5.13 Å². The number of hydrogen-bond acceptors (Lipinski definition) is 6. The van der Waals surface area contributed by atoms with Gasteiger partial charge < -0.3 is 15.2 Å². The van der Waals surface area contributed by atoms with Crippen LogP contribution in [0.2, 0.25) is 0 Å². The minimum atomic E-state index is -0.823. The summed E-state index contributed by atoms with van der Waals surface area (Å²) in [5.74, 6) is -0.823.